The van der Waals surface area contributed by atoms with Crippen LogP contribution in [0, 0.1) is 5.41 Å². The molecule has 0 radical (unpaired) electrons. The van der Waals surface area contributed by atoms with Crippen molar-refractivity contribution in [1.82, 2.24) is 0 Å². The van der Waals surface area contributed by atoms with Gasteiger partial charge in [-0.2, -0.15) is 0 Å². The van der Waals surface area contributed by atoms with Gasteiger partial charge >= 0.3 is 0 Å². The molecule has 0 amide bonds. The Balaban J connectivity index is 2.35. The zero-order chi connectivity index (χ0) is 6.53. The van der Waals surface area contributed by atoms with Gasteiger partial charge < -0.3 is 5.41 Å². The SMILES string of the molecule is N=C1CC/C=C\CCC1. The average molecular weight is 123 g/mol. The molecule has 1 N–H and O–H groups in total. The zero-order valence-corrected chi connectivity index (χ0v) is 5.69. The molecule has 0 saturated heterocycles. The summed E-state index contributed by atoms with van der Waals surface area (Å²) in [5, 5.41) is 7.39. The predicted octanol–water partition coefficient (Wildman–Crippen LogP) is 2.53. The van der Waals surface area contributed by atoms with Crippen LogP contribution in [-0.4, -0.2) is 5.71 Å². The third-order valence-corrected chi connectivity index (χ3v) is 1.63. The first-order chi connectivity index (χ1) is 4.39. The minimum absolute atomic E-state index is 0.930. The van der Waals surface area contributed by atoms with Gasteiger partial charge in [0, 0.05) is 5.71 Å². The van der Waals surface area contributed by atoms with E-state index < -0.39 is 0 Å². The van der Waals surface area contributed by atoms with Crippen molar-refractivity contribution in [3.8, 4) is 0 Å². The summed E-state index contributed by atoms with van der Waals surface area (Å²) < 4.78 is 0. The average Bonchev–Trinajstić information content (AvgIpc) is 1.79. The highest BCUT2D eigenvalue weighted by atomic mass is 14.4. The lowest BCUT2D eigenvalue weighted by Crippen LogP contribution is -1.96. The number of hydrogen-bond acceptors (Lipinski definition) is 1. The van der Waals surface area contributed by atoms with Gasteiger partial charge in [0.2, 0.25) is 0 Å². The first kappa shape index (κ1) is 6.53. The minimum atomic E-state index is 0.930. The molecule has 0 bridgehead atoms. The van der Waals surface area contributed by atoms with Crippen LogP contribution in [0.15, 0.2) is 12.2 Å². The van der Waals surface area contributed by atoms with Crippen molar-refractivity contribution in [2.24, 2.45) is 0 Å². The van der Waals surface area contributed by atoms with Gasteiger partial charge in [-0.25, -0.2) is 0 Å². The summed E-state index contributed by atoms with van der Waals surface area (Å²) in [4.78, 5) is 0. The molecular weight excluding hydrogens is 110 g/mol. The molecule has 0 fully saturated rings. The van der Waals surface area contributed by atoms with Gasteiger partial charge in [-0.3, -0.25) is 0 Å². The molecule has 0 aromatic heterocycles. The Hall–Kier alpha value is -0.590. The fourth-order valence-electron chi connectivity index (χ4n) is 1.05. The Bertz CT molecular complexity index is 125. The first-order valence-corrected chi connectivity index (χ1v) is 3.61. The lowest BCUT2D eigenvalue weighted by Gasteiger charge is -2.02. The largest absolute Gasteiger partial charge is 0.310 e. The van der Waals surface area contributed by atoms with Gasteiger partial charge in [0.05, 0.1) is 0 Å². The highest BCUT2D eigenvalue weighted by molar-refractivity contribution is 5.81. The molecule has 1 rings (SSSR count). The molecule has 9 heavy (non-hydrogen) atoms. The number of nitrogens with one attached hydrogen (secondary N) is 1. The normalized spacial score (nSPS) is 24.7. The summed E-state index contributed by atoms with van der Waals surface area (Å²) in [5.41, 5.74) is 0.930. The third kappa shape index (κ3) is 2.45. The van der Waals surface area contributed by atoms with E-state index in [-0.39, 0.29) is 0 Å². The van der Waals surface area contributed by atoms with Crippen molar-refractivity contribution in [2.75, 3.05) is 0 Å². The quantitative estimate of drug-likeness (QED) is 0.478. The van der Waals surface area contributed by atoms with E-state index in [1.54, 1.807) is 0 Å². The molecule has 1 nitrogen and oxygen atoms in total. The first-order valence-electron chi connectivity index (χ1n) is 3.61. The topological polar surface area (TPSA) is 23.9 Å². The Morgan fingerprint density at radius 1 is 1.11 bits per heavy atom. The van der Waals surface area contributed by atoms with Gasteiger partial charge in [0.25, 0.3) is 0 Å². The van der Waals surface area contributed by atoms with Crippen molar-refractivity contribution in [2.45, 2.75) is 32.1 Å². The lowest BCUT2D eigenvalue weighted by molar-refractivity contribution is 0.844. The van der Waals surface area contributed by atoms with E-state index in [0.29, 0.717) is 0 Å². The molecular formula is C8H13N. The summed E-state index contributed by atoms with van der Waals surface area (Å²) in [6.07, 6.45) is 9.84. The second kappa shape index (κ2) is 3.44. The van der Waals surface area contributed by atoms with Gasteiger partial charge in [-0.05, 0) is 32.1 Å². The number of rotatable bonds is 0. The Labute approximate surface area is 56.3 Å². The summed E-state index contributed by atoms with van der Waals surface area (Å²) in [6, 6.07) is 0. The second-order valence-electron chi connectivity index (χ2n) is 2.51. The van der Waals surface area contributed by atoms with E-state index in [2.05, 4.69) is 12.2 Å². The molecule has 50 valence electrons. The van der Waals surface area contributed by atoms with Crippen LogP contribution in [0.1, 0.15) is 32.1 Å². The summed E-state index contributed by atoms with van der Waals surface area (Å²) in [6.45, 7) is 0. The van der Waals surface area contributed by atoms with E-state index in [1.807, 2.05) is 0 Å². The van der Waals surface area contributed by atoms with Crippen LogP contribution in [0.3, 0.4) is 0 Å². The molecule has 0 saturated carbocycles. The van der Waals surface area contributed by atoms with Crippen LogP contribution in [0.2, 0.25) is 0 Å². The Morgan fingerprint density at radius 2 is 1.89 bits per heavy atom. The van der Waals surface area contributed by atoms with Crippen molar-refractivity contribution in [1.29, 1.82) is 5.41 Å². The smallest absolute Gasteiger partial charge is 0.00923 e. The van der Waals surface area contributed by atoms with Crippen LogP contribution >= 0.6 is 0 Å². The highest BCUT2D eigenvalue weighted by Crippen LogP contribution is 2.07. The molecule has 0 atom stereocenters. The molecule has 1 aliphatic carbocycles. The monoisotopic (exact) mass is 123 g/mol. The van der Waals surface area contributed by atoms with Crippen LogP contribution in [0.25, 0.3) is 0 Å². The molecule has 1 heteroatoms. The van der Waals surface area contributed by atoms with E-state index in [4.69, 9.17) is 5.41 Å². The zero-order valence-electron chi connectivity index (χ0n) is 5.69. The van der Waals surface area contributed by atoms with Crippen molar-refractivity contribution in [3.05, 3.63) is 12.2 Å². The fourth-order valence-corrected chi connectivity index (χ4v) is 1.05. The molecule has 0 spiro atoms. The number of allylic oxidation sites excluding steroid dienone is 2. The molecule has 1 aliphatic rings. The summed E-state index contributed by atoms with van der Waals surface area (Å²) in [5.74, 6) is 0. The minimum Gasteiger partial charge on any atom is -0.310 e. The molecule has 0 aromatic rings. The van der Waals surface area contributed by atoms with Gasteiger partial charge in [0.1, 0.15) is 0 Å². The van der Waals surface area contributed by atoms with E-state index in [9.17, 15) is 0 Å². The van der Waals surface area contributed by atoms with Crippen LogP contribution in [-0.2, 0) is 0 Å². The standard InChI is InChI=1S/C8H13N/c9-8-6-4-2-1-3-5-7-8/h1-2,9H,3-7H2/b2-1-,9-8?. The predicted molar refractivity (Wildman–Crippen MR) is 40.0 cm³/mol. The van der Waals surface area contributed by atoms with Crippen LogP contribution in [0.5, 0.6) is 0 Å². The Morgan fingerprint density at radius 3 is 2.78 bits per heavy atom. The van der Waals surface area contributed by atoms with E-state index in [1.165, 1.54) is 12.8 Å². The lowest BCUT2D eigenvalue weighted by atomic mass is 10.0. The highest BCUT2D eigenvalue weighted by Gasteiger charge is 1.96. The second-order valence-corrected chi connectivity index (χ2v) is 2.51. The van der Waals surface area contributed by atoms with Crippen LogP contribution < -0.4 is 0 Å². The van der Waals surface area contributed by atoms with Gasteiger partial charge in [-0.15, -0.1) is 0 Å². The molecule has 0 heterocycles. The van der Waals surface area contributed by atoms with Crippen molar-refractivity contribution < 1.29 is 0 Å². The molecule has 0 unspecified atom stereocenters. The van der Waals surface area contributed by atoms with E-state index in [0.717, 1.165) is 25.0 Å². The molecule has 0 aliphatic heterocycles. The third-order valence-electron chi connectivity index (χ3n) is 1.63. The molecule has 0 aromatic carbocycles. The Kier molecular flexibility index (Phi) is 2.49. The fraction of sp³-hybridized carbons (Fsp3) is 0.625. The number of hydrogen-bond donors (Lipinski definition) is 1. The van der Waals surface area contributed by atoms with Crippen LogP contribution in [0.4, 0.5) is 0 Å². The van der Waals surface area contributed by atoms with Gasteiger partial charge in [0.15, 0.2) is 0 Å². The van der Waals surface area contributed by atoms with Crippen molar-refractivity contribution in [3.63, 3.8) is 0 Å². The summed E-state index contributed by atoms with van der Waals surface area (Å²) >= 11 is 0. The maximum absolute atomic E-state index is 7.39. The van der Waals surface area contributed by atoms with E-state index >= 15 is 0 Å². The maximum Gasteiger partial charge on any atom is 0.00923 e. The maximum atomic E-state index is 7.39. The summed E-state index contributed by atoms with van der Waals surface area (Å²) in [7, 11) is 0. The van der Waals surface area contributed by atoms with Crippen molar-refractivity contribution >= 4 is 5.71 Å². The van der Waals surface area contributed by atoms with Gasteiger partial charge in [-0.1, -0.05) is 12.2 Å².